The lowest BCUT2D eigenvalue weighted by atomic mass is 10.1. The largest absolute Gasteiger partial charge is 0.338 e. The van der Waals surface area contributed by atoms with Crippen LogP contribution in [0.25, 0.3) is 0 Å². The maximum atomic E-state index is 12.4. The minimum Gasteiger partial charge on any atom is -0.338 e. The molecule has 1 amide bonds. The fourth-order valence-corrected chi connectivity index (χ4v) is 3.42. The fraction of sp³-hybridized carbons (Fsp3) is 0.353. The number of fused-ring (bicyclic) bond motifs is 1. The smallest absolute Gasteiger partial charge is 0.223 e. The second-order valence-corrected chi connectivity index (χ2v) is 7.99. The lowest BCUT2D eigenvalue weighted by molar-refractivity contribution is -0.132. The summed E-state index contributed by atoms with van der Waals surface area (Å²) in [7, 11) is -3.18. The van der Waals surface area contributed by atoms with E-state index in [0.29, 0.717) is 30.8 Å². The Balaban J connectivity index is 1.58. The Kier molecular flexibility index (Phi) is 4.62. The zero-order chi connectivity index (χ0) is 17.2. The summed E-state index contributed by atoms with van der Waals surface area (Å²) in [6.07, 6.45) is 6.25. The Bertz CT molecular complexity index is 848. The van der Waals surface area contributed by atoms with Crippen molar-refractivity contribution in [1.29, 1.82) is 0 Å². The number of rotatable bonds is 4. The summed E-state index contributed by atoms with van der Waals surface area (Å²) >= 11 is 0. The van der Waals surface area contributed by atoms with Crippen molar-refractivity contribution in [3.63, 3.8) is 0 Å². The molecule has 0 radical (unpaired) electrons. The van der Waals surface area contributed by atoms with E-state index in [4.69, 9.17) is 0 Å². The third-order valence-electron chi connectivity index (χ3n) is 4.19. The zero-order valence-electron chi connectivity index (χ0n) is 13.5. The van der Waals surface area contributed by atoms with Crippen LogP contribution < -0.4 is 0 Å². The number of aryl methyl sites for hydroxylation is 1. The van der Waals surface area contributed by atoms with Crippen LogP contribution in [-0.2, 0) is 34.0 Å². The molecule has 0 fully saturated rings. The Hall–Kier alpha value is -2.28. The Morgan fingerprint density at radius 2 is 2.00 bits per heavy atom. The van der Waals surface area contributed by atoms with Crippen molar-refractivity contribution < 1.29 is 13.2 Å². The molecule has 1 aromatic heterocycles. The summed E-state index contributed by atoms with van der Waals surface area (Å²) in [5.74, 6) is 0.0942. The molecule has 1 aliphatic heterocycles. The van der Waals surface area contributed by atoms with Crippen LogP contribution in [-0.4, -0.2) is 42.0 Å². The third-order valence-corrected chi connectivity index (χ3v) is 5.32. The fourth-order valence-electron chi connectivity index (χ4n) is 2.79. The molecule has 0 saturated heterocycles. The summed E-state index contributed by atoms with van der Waals surface area (Å²) in [6, 6.07) is 6.71. The highest BCUT2D eigenvalue weighted by molar-refractivity contribution is 7.90. The molecule has 6 nitrogen and oxygen atoms in total. The first kappa shape index (κ1) is 16.6. The van der Waals surface area contributed by atoms with Crippen molar-refractivity contribution in [3.05, 3.63) is 53.6 Å². The van der Waals surface area contributed by atoms with E-state index < -0.39 is 9.84 Å². The quantitative estimate of drug-likeness (QED) is 0.837. The molecule has 24 heavy (non-hydrogen) atoms. The maximum Gasteiger partial charge on any atom is 0.223 e. The van der Waals surface area contributed by atoms with Gasteiger partial charge in [-0.3, -0.25) is 4.79 Å². The van der Waals surface area contributed by atoms with Crippen molar-refractivity contribution >= 4 is 15.7 Å². The van der Waals surface area contributed by atoms with E-state index in [1.165, 1.54) is 12.6 Å². The van der Waals surface area contributed by atoms with Crippen LogP contribution in [0.2, 0.25) is 0 Å². The SMILES string of the molecule is CS(=O)(=O)c1ccc(CCC(=O)N2CCc3ncncc3C2)cc1. The van der Waals surface area contributed by atoms with Crippen LogP contribution in [0.4, 0.5) is 0 Å². The number of amides is 1. The molecule has 0 aliphatic carbocycles. The standard InChI is InChI=1S/C17H19N3O3S/c1-24(22,23)15-5-2-13(3-6-15)4-7-17(21)20-9-8-16-14(11-20)10-18-12-19-16/h2-3,5-6,10,12H,4,7-9,11H2,1H3. The molecule has 3 rings (SSSR count). The summed E-state index contributed by atoms with van der Waals surface area (Å²) in [5.41, 5.74) is 2.98. The maximum absolute atomic E-state index is 12.4. The van der Waals surface area contributed by atoms with E-state index in [1.54, 1.807) is 30.5 Å². The van der Waals surface area contributed by atoms with E-state index in [0.717, 1.165) is 23.2 Å². The average molecular weight is 345 g/mol. The van der Waals surface area contributed by atoms with Gasteiger partial charge < -0.3 is 4.90 Å². The molecule has 7 heteroatoms. The number of hydrogen-bond donors (Lipinski definition) is 0. The second-order valence-electron chi connectivity index (χ2n) is 5.98. The summed E-state index contributed by atoms with van der Waals surface area (Å²) in [5, 5.41) is 0. The van der Waals surface area contributed by atoms with E-state index in [-0.39, 0.29) is 5.91 Å². The van der Waals surface area contributed by atoms with E-state index in [2.05, 4.69) is 9.97 Å². The molecule has 0 saturated carbocycles. The van der Waals surface area contributed by atoms with Gasteiger partial charge in [-0.2, -0.15) is 0 Å². The highest BCUT2D eigenvalue weighted by atomic mass is 32.2. The molecule has 0 N–H and O–H groups in total. The highest BCUT2D eigenvalue weighted by Crippen LogP contribution is 2.17. The van der Waals surface area contributed by atoms with Gasteiger partial charge in [0, 0.05) is 43.9 Å². The molecule has 0 atom stereocenters. The van der Waals surface area contributed by atoms with Crippen LogP contribution in [0, 0.1) is 0 Å². The predicted molar refractivity (Wildman–Crippen MR) is 89.0 cm³/mol. The number of carbonyl (C=O) groups is 1. The van der Waals surface area contributed by atoms with Gasteiger partial charge >= 0.3 is 0 Å². The Morgan fingerprint density at radius 3 is 2.71 bits per heavy atom. The normalized spacial score (nSPS) is 14.3. The molecule has 0 bridgehead atoms. The van der Waals surface area contributed by atoms with Gasteiger partial charge in [0.15, 0.2) is 9.84 Å². The van der Waals surface area contributed by atoms with Gasteiger partial charge in [-0.1, -0.05) is 12.1 Å². The van der Waals surface area contributed by atoms with E-state index >= 15 is 0 Å². The molecule has 1 aromatic carbocycles. The number of benzene rings is 1. The molecular formula is C17H19N3O3S. The summed E-state index contributed by atoms with van der Waals surface area (Å²) < 4.78 is 22.9. The second kappa shape index (κ2) is 6.68. The molecular weight excluding hydrogens is 326 g/mol. The van der Waals surface area contributed by atoms with Gasteiger partial charge in [-0.25, -0.2) is 18.4 Å². The van der Waals surface area contributed by atoms with Gasteiger partial charge in [0.25, 0.3) is 0 Å². The molecule has 2 aromatic rings. The van der Waals surface area contributed by atoms with Crippen molar-refractivity contribution in [3.8, 4) is 0 Å². The van der Waals surface area contributed by atoms with Gasteiger partial charge in [0.1, 0.15) is 6.33 Å². The minimum atomic E-state index is -3.18. The van der Waals surface area contributed by atoms with Crippen molar-refractivity contribution in [1.82, 2.24) is 14.9 Å². The van der Waals surface area contributed by atoms with Crippen LogP contribution in [0.3, 0.4) is 0 Å². The van der Waals surface area contributed by atoms with E-state index in [1.807, 2.05) is 4.90 Å². The monoisotopic (exact) mass is 345 g/mol. The minimum absolute atomic E-state index is 0.0942. The lowest BCUT2D eigenvalue weighted by Crippen LogP contribution is -2.36. The van der Waals surface area contributed by atoms with Crippen LogP contribution in [0.15, 0.2) is 41.7 Å². The topological polar surface area (TPSA) is 80.2 Å². The number of sulfone groups is 1. The number of aromatic nitrogens is 2. The molecule has 0 spiro atoms. The number of nitrogens with zero attached hydrogens (tertiary/aromatic N) is 3. The zero-order valence-corrected chi connectivity index (χ0v) is 14.3. The molecule has 1 aliphatic rings. The molecule has 0 unspecified atom stereocenters. The van der Waals surface area contributed by atoms with Gasteiger partial charge in [-0.15, -0.1) is 0 Å². The number of hydrogen-bond acceptors (Lipinski definition) is 5. The number of carbonyl (C=O) groups excluding carboxylic acids is 1. The summed E-state index contributed by atoms with van der Waals surface area (Å²) in [4.78, 5) is 22.8. The lowest BCUT2D eigenvalue weighted by Gasteiger charge is -2.27. The Morgan fingerprint density at radius 1 is 1.25 bits per heavy atom. The van der Waals surface area contributed by atoms with Crippen molar-refractivity contribution in [2.75, 3.05) is 12.8 Å². The van der Waals surface area contributed by atoms with Crippen LogP contribution >= 0.6 is 0 Å². The van der Waals surface area contributed by atoms with Gasteiger partial charge in [-0.05, 0) is 24.1 Å². The van der Waals surface area contributed by atoms with Crippen molar-refractivity contribution in [2.24, 2.45) is 0 Å². The Labute approximate surface area is 141 Å². The predicted octanol–water partition coefficient (Wildman–Crippen LogP) is 1.40. The van der Waals surface area contributed by atoms with Crippen LogP contribution in [0.1, 0.15) is 23.2 Å². The first-order valence-corrected chi connectivity index (χ1v) is 9.67. The van der Waals surface area contributed by atoms with Crippen LogP contribution in [0.5, 0.6) is 0 Å². The molecule has 126 valence electrons. The third kappa shape index (κ3) is 3.79. The van der Waals surface area contributed by atoms with Gasteiger partial charge in [0.05, 0.1) is 10.6 Å². The molecule has 2 heterocycles. The average Bonchev–Trinajstić information content (AvgIpc) is 2.59. The first-order valence-electron chi connectivity index (χ1n) is 7.78. The summed E-state index contributed by atoms with van der Waals surface area (Å²) in [6.45, 7) is 1.23. The first-order chi connectivity index (χ1) is 11.4. The van der Waals surface area contributed by atoms with Gasteiger partial charge in [0.2, 0.25) is 5.91 Å². The highest BCUT2D eigenvalue weighted by Gasteiger charge is 2.21. The van der Waals surface area contributed by atoms with Crippen molar-refractivity contribution in [2.45, 2.75) is 30.7 Å². The van der Waals surface area contributed by atoms with E-state index in [9.17, 15) is 13.2 Å².